The molecular weight excluding hydrogens is 290 g/mol. The Balaban J connectivity index is 2.61. The summed E-state index contributed by atoms with van der Waals surface area (Å²) < 4.78 is 0. The summed E-state index contributed by atoms with van der Waals surface area (Å²) in [5, 5.41) is 30.1. The molecule has 0 heterocycles. The van der Waals surface area contributed by atoms with Crippen molar-refractivity contribution in [3.8, 4) is 0 Å². The third-order valence-corrected chi connectivity index (χ3v) is 2.94. The number of anilines is 2. The zero-order chi connectivity index (χ0) is 16.3. The summed E-state index contributed by atoms with van der Waals surface area (Å²) in [4.78, 5) is 33.7. The maximum absolute atomic E-state index is 11.3. The van der Waals surface area contributed by atoms with Crippen molar-refractivity contribution < 1.29 is 29.7 Å². The highest BCUT2D eigenvalue weighted by atomic mass is 16.4. The van der Waals surface area contributed by atoms with Crippen molar-refractivity contribution in [1.82, 2.24) is 0 Å². The lowest BCUT2D eigenvalue weighted by atomic mass is 10.1. The molecule has 2 aromatic carbocycles. The molecule has 0 saturated carbocycles. The fourth-order valence-corrected chi connectivity index (χ4v) is 1.96. The molecule has 22 heavy (non-hydrogen) atoms. The molecule has 2 aromatic rings. The van der Waals surface area contributed by atoms with E-state index in [1.807, 2.05) is 0 Å². The van der Waals surface area contributed by atoms with Crippen LogP contribution in [0, 0.1) is 0 Å². The minimum Gasteiger partial charge on any atom is -0.478 e. The molecule has 0 saturated heterocycles. The predicted molar refractivity (Wildman–Crippen MR) is 77.0 cm³/mol. The van der Waals surface area contributed by atoms with Crippen LogP contribution in [-0.4, -0.2) is 33.2 Å². The van der Waals surface area contributed by atoms with E-state index in [2.05, 4.69) is 5.32 Å². The van der Waals surface area contributed by atoms with Crippen molar-refractivity contribution in [2.24, 2.45) is 0 Å². The van der Waals surface area contributed by atoms with Crippen LogP contribution in [0.15, 0.2) is 42.5 Å². The van der Waals surface area contributed by atoms with Gasteiger partial charge in [0.05, 0.1) is 28.1 Å². The average molecular weight is 301 g/mol. The lowest BCUT2D eigenvalue weighted by molar-refractivity contribution is 0.0685. The molecule has 7 nitrogen and oxygen atoms in total. The van der Waals surface area contributed by atoms with E-state index in [4.69, 9.17) is 5.11 Å². The van der Waals surface area contributed by atoms with Crippen LogP contribution in [0.3, 0.4) is 0 Å². The third kappa shape index (κ3) is 2.88. The van der Waals surface area contributed by atoms with Gasteiger partial charge in [0.15, 0.2) is 0 Å². The quantitative estimate of drug-likeness (QED) is 0.668. The van der Waals surface area contributed by atoms with Gasteiger partial charge in [-0.1, -0.05) is 18.2 Å². The van der Waals surface area contributed by atoms with E-state index in [0.29, 0.717) is 0 Å². The van der Waals surface area contributed by atoms with Gasteiger partial charge in [0.1, 0.15) is 0 Å². The molecule has 0 spiro atoms. The van der Waals surface area contributed by atoms with E-state index < -0.39 is 17.9 Å². The van der Waals surface area contributed by atoms with Crippen LogP contribution in [0.5, 0.6) is 0 Å². The van der Waals surface area contributed by atoms with Crippen LogP contribution < -0.4 is 5.32 Å². The summed E-state index contributed by atoms with van der Waals surface area (Å²) in [6.45, 7) is 0. The number of rotatable bonds is 5. The average Bonchev–Trinajstić information content (AvgIpc) is 2.47. The first-order valence-electron chi connectivity index (χ1n) is 6.10. The monoisotopic (exact) mass is 301 g/mol. The summed E-state index contributed by atoms with van der Waals surface area (Å²) in [6.07, 6.45) is 0. The first-order valence-corrected chi connectivity index (χ1v) is 6.10. The number of carboxylic acids is 3. The standard InChI is InChI=1S/C15H11NO6/c17-13(18)8-4-1-2-7-11(8)16-12-9(14(19)20)5-3-6-10(12)15(21)22/h1-7,16H,(H,17,18)(H,19,20)(H,21,22). The molecule has 0 fully saturated rings. The second-order valence-corrected chi connectivity index (χ2v) is 4.31. The maximum atomic E-state index is 11.3. The van der Waals surface area contributed by atoms with Gasteiger partial charge in [-0.25, -0.2) is 14.4 Å². The van der Waals surface area contributed by atoms with Crippen molar-refractivity contribution in [1.29, 1.82) is 0 Å². The summed E-state index contributed by atoms with van der Waals surface area (Å²) in [5.41, 5.74) is -0.693. The van der Waals surface area contributed by atoms with Crippen LogP contribution in [0.1, 0.15) is 31.1 Å². The second-order valence-electron chi connectivity index (χ2n) is 4.31. The minimum atomic E-state index is -1.32. The van der Waals surface area contributed by atoms with Gasteiger partial charge >= 0.3 is 17.9 Å². The predicted octanol–water partition coefficient (Wildman–Crippen LogP) is 2.52. The number of aromatic carboxylic acids is 3. The second kappa shape index (κ2) is 5.96. The van der Waals surface area contributed by atoms with Gasteiger partial charge in [0, 0.05) is 0 Å². The van der Waals surface area contributed by atoms with Gasteiger partial charge < -0.3 is 20.6 Å². The number of nitrogens with one attached hydrogen (secondary N) is 1. The lowest BCUT2D eigenvalue weighted by Crippen LogP contribution is -2.11. The van der Waals surface area contributed by atoms with Crippen molar-refractivity contribution >= 4 is 29.3 Å². The Labute approximate surface area is 124 Å². The minimum absolute atomic E-state index is 0.0981. The van der Waals surface area contributed by atoms with E-state index >= 15 is 0 Å². The summed E-state index contributed by atoms with van der Waals surface area (Å²) in [5.74, 6) is -3.86. The van der Waals surface area contributed by atoms with Crippen LogP contribution in [0.2, 0.25) is 0 Å². The highest BCUT2D eigenvalue weighted by molar-refractivity contribution is 6.05. The lowest BCUT2D eigenvalue weighted by Gasteiger charge is -2.14. The number of para-hydroxylation sites is 2. The van der Waals surface area contributed by atoms with Crippen molar-refractivity contribution in [2.75, 3.05) is 5.32 Å². The first kappa shape index (κ1) is 15.0. The highest BCUT2D eigenvalue weighted by Crippen LogP contribution is 2.27. The van der Waals surface area contributed by atoms with Gasteiger partial charge in [0.2, 0.25) is 0 Å². The van der Waals surface area contributed by atoms with Gasteiger partial charge in [-0.3, -0.25) is 0 Å². The Morgan fingerprint density at radius 1 is 0.682 bits per heavy atom. The normalized spacial score (nSPS) is 10.0. The molecule has 2 rings (SSSR count). The SMILES string of the molecule is O=C(O)c1ccccc1Nc1c(C(=O)O)cccc1C(=O)O. The molecule has 0 aliphatic heterocycles. The molecule has 0 bridgehead atoms. The number of hydrogen-bond acceptors (Lipinski definition) is 4. The van der Waals surface area contributed by atoms with Gasteiger partial charge in [-0.2, -0.15) is 0 Å². The van der Waals surface area contributed by atoms with Gasteiger partial charge in [-0.05, 0) is 24.3 Å². The van der Waals surface area contributed by atoms with Crippen LogP contribution >= 0.6 is 0 Å². The van der Waals surface area contributed by atoms with Gasteiger partial charge in [0.25, 0.3) is 0 Å². The fourth-order valence-electron chi connectivity index (χ4n) is 1.96. The number of carboxylic acid groups (broad SMARTS) is 3. The molecule has 0 aromatic heterocycles. The Morgan fingerprint density at radius 3 is 1.64 bits per heavy atom. The molecule has 0 atom stereocenters. The molecule has 0 amide bonds. The molecule has 0 aliphatic rings. The Kier molecular flexibility index (Phi) is 4.08. The van der Waals surface area contributed by atoms with Gasteiger partial charge in [-0.15, -0.1) is 0 Å². The topological polar surface area (TPSA) is 124 Å². The molecule has 112 valence electrons. The first-order chi connectivity index (χ1) is 10.4. The highest BCUT2D eigenvalue weighted by Gasteiger charge is 2.20. The Hall–Kier alpha value is -3.35. The molecular formula is C15H11NO6. The fraction of sp³-hybridized carbons (Fsp3) is 0. The van der Waals surface area contributed by atoms with E-state index in [-0.39, 0.29) is 28.1 Å². The number of hydrogen-bond donors (Lipinski definition) is 4. The van der Waals surface area contributed by atoms with E-state index in [1.54, 1.807) is 6.07 Å². The maximum Gasteiger partial charge on any atom is 0.337 e. The largest absolute Gasteiger partial charge is 0.478 e. The molecule has 4 N–H and O–H groups in total. The van der Waals surface area contributed by atoms with Crippen molar-refractivity contribution in [3.63, 3.8) is 0 Å². The van der Waals surface area contributed by atoms with E-state index in [9.17, 15) is 24.6 Å². The zero-order valence-corrected chi connectivity index (χ0v) is 11.1. The molecule has 7 heteroatoms. The van der Waals surface area contributed by atoms with E-state index in [0.717, 1.165) is 0 Å². The summed E-state index contributed by atoms with van der Waals surface area (Å²) in [6, 6.07) is 9.60. The zero-order valence-electron chi connectivity index (χ0n) is 11.1. The van der Waals surface area contributed by atoms with E-state index in [1.165, 1.54) is 36.4 Å². The Bertz CT molecular complexity index is 736. The summed E-state index contributed by atoms with van der Waals surface area (Å²) in [7, 11) is 0. The van der Waals surface area contributed by atoms with Crippen LogP contribution in [0.25, 0.3) is 0 Å². The molecule has 0 radical (unpaired) electrons. The van der Waals surface area contributed by atoms with Crippen molar-refractivity contribution in [2.45, 2.75) is 0 Å². The van der Waals surface area contributed by atoms with Crippen LogP contribution in [-0.2, 0) is 0 Å². The number of carbonyl (C=O) groups is 3. The van der Waals surface area contributed by atoms with Crippen LogP contribution in [0.4, 0.5) is 11.4 Å². The molecule has 0 aliphatic carbocycles. The van der Waals surface area contributed by atoms with Crippen molar-refractivity contribution in [3.05, 3.63) is 59.2 Å². The Morgan fingerprint density at radius 2 is 1.14 bits per heavy atom. The summed E-state index contributed by atoms with van der Waals surface area (Å²) >= 11 is 0. The third-order valence-electron chi connectivity index (χ3n) is 2.94. The smallest absolute Gasteiger partial charge is 0.337 e. The number of benzene rings is 2. The molecule has 0 unspecified atom stereocenters.